The van der Waals surface area contributed by atoms with Crippen molar-refractivity contribution in [2.75, 3.05) is 0 Å². The summed E-state index contributed by atoms with van der Waals surface area (Å²) in [6, 6.07) is 16.5. The number of hydrogen-bond acceptors (Lipinski definition) is 1. The van der Waals surface area contributed by atoms with E-state index in [9.17, 15) is 4.39 Å². The van der Waals surface area contributed by atoms with Crippen LogP contribution in [-0.2, 0) is 12.5 Å². The van der Waals surface area contributed by atoms with Gasteiger partial charge in [0.2, 0.25) is 5.69 Å². The summed E-state index contributed by atoms with van der Waals surface area (Å²) < 4.78 is 17.1. The Balaban J connectivity index is 1.88. The van der Waals surface area contributed by atoms with Crippen molar-refractivity contribution >= 4 is 44.1 Å². The molecule has 0 N–H and O–H groups in total. The minimum absolute atomic E-state index is 0.0373. The van der Waals surface area contributed by atoms with Crippen LogP contribution in [-0.4, -0.2) is 0 Å². The van der Waals surface area contributed by atoms with Crippen molar-refractivity contribution in [2.45, 2.75) is 49.8 Å². The van der Waals surface area contributed by atoms with Crippen molar-refractivity contribution in [3.8, 4) is 11.3 Å². The van der Waals surface area contributed by atoms with E-state index in [1.54, 1.807) is 6.07 Å². The van der Waals surface area contributed by atoms with Crippen LogP contribution in [0.25, 0.3) is 43.6 Å². The lowest BCUT2D eigenvalue weighted by molar-refractivity contribution is -0.659. The second-order valence-corrected chi connectivity index (χ2v) is 11.4. The van der Waals surface area contributed by atoms with Crippen molar-refractivity contribution in [3.05, 3.63) is 77.2 Å². The second-order valence-electron chi connectivity index (χ2n) is 10.4. The van der Waals surface area contributed by atoms with Crippen molar-refractivity contribution in [1.29, 1.82) is 0 Å². The molecule has 0 amide bonds. The molecule has 1 nitrogen and oxygen atoms in total. The van der Waals surface area contributed by atoms with Gasteiger partial charge in [-0.25, -0.2) is 8.96 Å². The van der Waals surface area contributed by atoms with Crippen LogP contribution < -0.4 is 4.57 Å². The summed E-state index contributed by atoms with van der Waals surface area (Å²) >= 11 is 1.81. The van der Waals surface area contributed by atoms with E-state index in [-0.39, 0.29) is 11.2 Å². The highest BCUT2D eigenvalue weighted by Crippen LogP contribution is 2.54. The molecule has 164 valence electrons. The van der Waals surface area contributed by atoms with Gasteiger partial charge in [0.15, 0.2) is 6.20 Å². The van der Waals surface area contributed by atoms with E-state index in [1.165, 1.54) is 49.0 Å². The lowest BCUT2D eigenvalue weighted by atomic mass is 9.79. The zero-order valence-electron chi connectivity index (χ0n) is 19.9. The van der Waals surface area contributed by atoms with Gasteiger partial charge in [-0.05, 0) is 58.7 Å². The first kappa shape index (κ1) is 20.7. The normalized spacial score (nSPS) is 13.2. The Morgan fingerprint density at radius 3 is 2.39 bits per heavy atom. The van der Waals surface area contributed by atoms with Crippen LogP contribution >= 0.6 is 11.8 Å². The lowest BCUT2D eigenvalue weighted by Gasteiger charge is -2.30. The van der Waals surface area contributed by atoms with E-state index >= 15 is 0 Å². The van der Waals surface area contributed by atoms with Crippen molar-refractivity contribution in [1.82, 2.24) is 0 Å². The summed E-state index contributed by atoms with van der Waals surface area (Å²) in [6.45, 7) is 11.3. The molecule has 4 aromatic carbocycles. The molecule has 0 fully saturated rings. The van der Waals surface area contributed by atoms with Crippen LogP contribution in [0.3, 0.4) is 0 Å². The number of hydrogen-bond donors (Lipinski definition) is 0. The third-order valence-electron chi connectivity index (χ3n) is 7.06. The van der Waals surface area contributed by atoms with Crippen molar-refractivity contribution < 1.29 is 8.96 Å². The Hall–Kier alpha value is -2.91. The topological polar surface area (TPSA) is 3.88 Å². The van der Waals surface area contributed by atoms with E-state index < -0.39 is 0 Å². The third kappa shape index (κ3) is 2.81. The molecule has 1 aliphatic heterocycles. The van der Waals surface area contributed by atoms with Gasteiger partial charge in [-0.3, -0.25) is 0 Å². The zero-order chi connectivity index (χ0) is 23.2. The molecule has 0 spiro atoms. The van der Waals surface area contributed by atoms with Gasteiger partial charge in [0, 0.05) is 26.6 Å². The molecule has 3 heteroatoms. The first-order chi connectivity index (χ1) is 15.7. The molecule has 6 rings (SSSR count). The van der Waals surface area contributed by atoms with Gasteiger partial charge in [-0.15, -0.1) is 0 Å². The maximum atomic E-state index is 14.9. The van der Waals surface area contributed by atoms with E-state index in [0.717, 1.165) is 15.7 Å². The fraction of sp³-hybridized carbons (Fsp3) is 0.233. The Morgan fingerprint density at radius 2 is 1.64 bits per heavy atom. The highest BCUT2D eigenvalue weighted by Gasteiger charge is 2.35. The average Bonchev–Trinajstić information content (AvgIpc) is 2.75. The molecule has 0 unspecified atom stereocenters. The highest BCUT2D eigenvalue weighted by atomic mass is 32.2. The Kier molecular flexibility index (Phi) is 4.26. The summed E-state index contributed by atoms with van der Waals surface area (Å²) in [6.07, 6.45) is 2.13. The third-order valence-corrected chi connectivity index (χ3v) is 8.22. The number of halogens is 1. The fourth-order valence-corrected chi connectivity index (χ4v) is 7.18. The molecule has 0 bridgehead atoms. The number of rotatable bonds is 0. The first-order valence-electron chi connectivity index (χ1n) is 11.5. The van der Waals surface area contributed by atoms with E-state index in [0.29, 0.717) is 5.39 Å². The predicted molar refractivity (Wildman–Crippen MR) is 138 cm³/mol. The van der Waals surface area contributed by atoms with Gasteiger partial charge in [0.25, 0.3) is 0 Å². The summed E-state index contributed by atoms with van der Waals surface area (Å²) in [5, 5.41) is 6.67. The summed E-state index contributed by atoms with van der Waals surface area (Å²) in [7, 11) is 2.13. The maximum Gasteiger partial charge on any atom is 0.222 e. The minimum Gasteiger partial charge on any atom is -0.206 e. The SMILES string of the molecule is Cc1ccc2c(C(C)(C)C)c3c(c(C)c2c1)-c1c2c(cc4c(F)cccc4c2cc[n+]1C)S3. The smallest absolute Gasteiger partial charge is 0.206 e. The van der Waals surface area contributed by atoms with E-state index in [2.05, 4.69) is 82.8 Å². The molecule has 33 heavy (non-hydrogen) atoms. The standard InChI is InChI=1S/C30H27FNS/c1-16-10-11-20-21(14-16)17(2)25-28-26-19(12-13-32(28)6)18-8-7-9-23(31)22(18)15-24(26)33-29(25)27(20)30(3,4)5/h7-15H,1-6H3/q+1. The van der Waals surface area contributed by atoms with Crippen LogP contribution in [0, 0.1) is 19.7 Å². The molecule has 2 heterocycles. The molecule has 1 aromatic heterocycles. The minimum atomic E-state index is -0.159. The van der Waals surface area contributed by atoms with Crippen LogP contribution in [0.5, 0.6) is 0 Å². The Morgan fingerprint density at radius 1 is 0.848 bits per heavy atom. The summed E-state index contributed by atoms with van der Waals surface area (Å²) in [4.78, 5) is 2.44. The number of aromatic nitrogens is 1. The van der Waals surface area contributed by atoms with Gasteiger partial charge in [0.05, 0.1) is 10.9 Å². The highest BCUT2D eigenvalue weighted by molar-refractivity contribution is 8.00. The van der Waals surface area contributed by atoms with Gasteiger partial charge in [-0.1, -0.05) is 68.4 Å². The van der Waals surface area contributed by atoms with Gasteiger partial charge < -0.3 is 0 Å². The number of fused-ring (bicyclic) bond motifs is 5. The summed E-state index contributed by atoms with van der Waals surface area (Å²) in [5.41, 5.74) is 6.48. The number of nitrogens with zero attached hydrogens (tertiary/aromatic N) is 1. The van der Waals surface area contributed by atoms with Gasteiger partial charge >= 0.3 is 0 Å². The molecule has 0 aliphatic carbocycles. The molecule has 0 saturated heterocycles. The second kappa shape index (κ2) is 6.80. The zero-order valence-corrected chi connectivity index (χ0v) is 20.7. The first-order valence-corrected chi connectivity index (χ1v) is 12.3. The molecule has 0 radical (unpaired) electrons. The quantitative estimate of drug-likeness (QED) is 0.166. The summed E-state index contributed by atoms with van der Waals surface area (Å²) in [5.74, 6) is -0.159. The van der Waals surface area contributed by atoms with Crippen LogP contribution in [0.15, 0.2) is 64.5 Å². The van der Waals surface area contributed by atoms with E-state index in [4.69, 9.17) is 0 Å². The predicted octanol–water partition coefficient (Wildman–Crippen LogP) is 8.16. The molecular formula is C30H27FNS+. The van der Waals surface area contributed by atoms with Crippen molar-refractivity contribution in [3.63, 3.8) is 0 Å². The molecule has 0 saturated carbocycles. The number of aryl methyl sites for hydroxylation is 3. The maximum absolute atomic E-state index is 14.9. The monoisotopic (exact) mass is 452 g/mol. The Labute approximate surface area is 198 Å². The van der Waals surface area contributed by atoms with Gasteiger partial charge in [-0.2, -0.15) is 0 Å². The largest absolute Gasteiger partial charge is 0.222 e. The van der Waals surface area contributed by atoms with Crippen LogP contribution in [0.2, 0.25) is 0 Å². The van der Waals surface area contributed by atoms with Crippen LogP contribution in [0.1, 0.15) is 37.5 Å². The van der Waals surface area contributed by atoms with Crippen LogP contribution in [0.4, 0.5) is 4.39 Å². The average molecular weight is 453 g/mol. The molecular weight excluding hydrogens is 425 g/mol. The number of pyridine rings is 1. The van der Waals surface area contributed by atoms with Gasteiger partial charge in [0.1, 0.15) is 12.9 Å². The Bertz CT molecular complexity index is 1660. The number of benzene rings is 4. The van der Waals surface area contributed by atoms with Crippen molar-refractivity contribution in [2.24, 2.45) is 7.05 Å². The lowest BCUT2D eigenvalue weighted by Crippen LogP contribution is -2.32. The van der Waals surface area contributed by atoms with E-state index in [1.807, 2.05) is 23.9 Å². The fourth-order valence-electron chi connectivity index (χ4n) is 5.61. The molecule has 1 aliphatic rings. The molecule has 5 aromatic rings. The molecule has 0 atom stereocenters.